The number of ether oxygens (including phenoxy) is 3. The summed E-state index contributed by atoms with van der Waals surface area (Å²) in [6.07, 6.45) is -0.551. The predicted molar refractivity (Wildman–Crippen MR) is 55.8 cm³/mol. The van der Waals surface area contributed by atoms with Crippen molar-refractivity contribution in [2.24, 2.45) is 0 Å². The zero-order valence-electron chi connectivity index (χ0n) is 8.95. The molecule has 3 rings (SSSR count). The number of rotatable bonds is 1. The minimum Gasteiger partial charge on any atom is -0.493 e. The number of aliphatic hydroxyl groups is 1. The molecule has 2 aliphatic heterocycles. The number of hydrogen-bond acceptors (Lipinski definition) is 5. The largest absolute Gasteiger partial charge is 0.493 e. The second-order valence-corrected chi connectivity index (χ2v) is 3.86. The van der Waals surface area contributed by atoms with Gasteiger partial charge in [-0.2, -0.15) is 0 Å². The Balaban J connectivity index is 2.21. The van der Waals surface area contributed by atoms with Gasteiger partial charge in [-0.25, -0.2) is 0 Å². The molecule has 0 amide bonds. The Hall–Kier alpha value is -1.46. The monoisotopic (exact) mass is 223 g/mol. The van der Waals surface area contributed by atoms with Crippen LogP contribution in [0.4, 0.5) is 0 Å². The van der Waals surface area contributed by atoms with Crippen LogP contribution in [0.3, 0.4) is 0 Å². The van der Waals surface area contributed by atoms with Crippen molar-refractivity contribution in [1.29, 1.82) is 0 Å². The van der Waals surface area contributed by atoms with E-state index in [2.05, 4.69) is 5.32 Å². The molecule has 5 nitrogen and oxygen atoms in total. The summed E-state index contributed by atoms with van der Waals surface area (Å²) in [6, 6.07) is 1.89. The second kappa shape index (κ2) is 3.54. The molecule has 1 unspecified atom stereocenters. The van der Waals surface area contributed by atoms with Crippen LogP contribution in [0.25, 0.3) is 0 Å². The van der Waals surface area contributed by atoms with E-state index in [-0.39, 0.29) is 6.79 Å². The van der Waals surface area contributed by atoms with Crippen molar-refractivity contribution in [3.63, 3.8) is 0 Å². The molecule has 0 saturated carbocycles. The Morgan fingerprint density at radius 2 is 2.25 bits per heavy atom. The molecule has 0 spiro atoms. The van der Waals surface area contributed by atoms with E-state index in [0.717, 1.165) is 11.1 Å². The van der Waals surface area contributed by atoms with E-state index < -0.39 is 6.10 Å². The first-order chi connectivity index (χ1) is 7.81. The standard InChI is InChI=1S/C11H13NO4/c1-14-8-2-6-3-12-4-7(13)9(6)11-10(8)15-5-16-11/h2,7,12-13H,3-5H2,1H3. The molecule has 16 heavy (non-hydrogen) atoms. The number of fused-ring (bicyclic) bond motifs is 3. The van der Waals surface area contributed by atoms with Crippen molar-refractivity contribution in [3.05, 3.63) is 17.2 Å². The van der Waals surface area contributed by atoms with Crippen LogP contribution >= 0.6 is 0 Å². The third-order valence-electron chi connectivity index (χ3n) is 2.94. The average Bonchev–Trinajstić information content (AvgIpc) is 2.76. The third-order valence-corrected chi connectivity index (χ3v) is 2.94. The van der Waals surface area contributed by atoms with E-state index in [9.17, 15) is 5.11 Å². The lowest BCUT2D eigenvalue weighted by molar-refractivity contribution is 0.149. The van der Waals surface area contributed by atoms with Gasteiger partial charge in [-0.3, -0.25) is 0 Å². The van der Waals surface area contributed by atoms with Gasteiger partial charge >= 0.3 is 0 Å². The summed E-state index contributed by atoms with van der Waals surface area (Å²) < 4.78 is 16.0. The molecule has 1 aromatic rings. The maximum atomic E-state index is 9.95. The first-order valence-electron chi connectivity index (χ1n) is 5.19. The fourth-order valence-electron chi connectivity index (χ4n) is 2.22. The lowest BCUT2D eigenvalue weighted by Crippen LogP contribution is -2.28. The molecule has 86 valence electrons. The molecule has 1 atom stereocenters. The molecule has 0 saturated heterocycles. The van der Waals surface area contributed by atoms with Crippen LogP contribution in [-0.4, -0.2) is 25.6 Å². The van der Waals surface area contributed by atoms with E-state index in [4.69, 9.17) is 14.2 Å². The van der Waals surface area contributed by atoms with Gasteiger partial charge < -0.3 is 24.6 Å². The van der Waals surface area contributed by atoms with Gasteiger partial charge in [0, 0.05) is 18.7 Å². The number of aliphatic hydroxyl groups excluding tert-OH is 1. The third kappa shape index (κ3) is 1.25. The Labute approximate surface area is 92.9 Å². The van der Waals surface area contributed by atoms with Gasteiger partial charge in [0.2, 0.25) is 12.5 Å². The van der Waals surface area contributed by atoms with E-state index in [1.165, 1.54) is 0 Å². The zero-order chi connectivity index (χ0) is 11.1. The fraction of sp³-hybridized carbons (Fsp3) is 0.455. The van der Waals surface area contributed by atoms with E-state index in [1.807, 2.05) is 6.07 Å². The minimum absolute atomic E-state index is 0.183. The molecule has 0 aromatic heterocycles. The van der Waals surface area contributed by atoms with Crippen molar-refractivity contribution >= 4 is 0 Å². The Kier molecular flexibility index (Phi) is 2.15. The van der Waals surface area contributed by atoms with Crippen LogP contribution in [0.15, 0.2) is 6.07 Å². The molecule has 0 fully saturated rings. The Morgan fingerprint density at radius 1 is 1.44 bits per heavy atom. The summed E-state index contributed by atoms with van der Waals surface area (Å²) in [5, 5.41) is 13.1. The molecular weight excluding hydrogens is 210 g/mol. The van der Waals surface area contributed by atoms with Gasteiger partial charge in [0.15, 0.2) is 11.5 Å². The first-order valence-corrected chi connectivity index (χ1v) is 5.19. The van der Waals surface area contributed by atoms with Crippen molar-refractivity contribution in [1.82, 2.24) is 5.32 Å². The van der Waals surface area contributed by atoms with Crippen molar-refractivity contribution < 1.29 is 19.3 Å². The first kappa shape index (κ1) is 9.74. The summed E-state index contributed by atoms with van der Waals surface area (Å²) >= 11 is 0. The second-order valence-electron chi connectivity index (χ2n) is 3.86. The highest BCUT2D eigenvalue weighted by atomic mass is 16.7. The summed E-state index contributed by atoms with van der Waals surface area (Å²) in [5.41, 5.74) is 1.83. The molecule has 1 aromatic carbocycles. The lowest BCUT2D eigenvalue weighted by Gasteiger charge is -2.24. The van der Waals surface area contributed by atoms with Crippen molar-refractivity contribution in [3.8, 4) is 17.2 Å². The van der Waals surface area contributed by atoms with Gasteiger partial charge in [-0.15, -0.1) is 0 Å². The smallest absolute Gasteiger partial charge is 0.231 e. The number of nitrogens with one attached hydrogen (secondary N) is 1. The van der Waals surface area contributed by atoms with Gasteiger partial charge in [0.05, 0.1) is 13.2 Å². The normalized spacial score (nSPS) is 21.8. The number of benzene rings is 1. The van der Waals surface area contributed by atoms with Crippen LogP contribution in [0.2, 0.25) is 0 Å². The van der Waals surface area contributed by atoms with Crippen LogP contribution in [0, 0.1) is 0 Å². The molecule has 2 heterocycles. The maximum Gasteiger partial charge on any atom is 0.231 e. The van der Waals surface area contributed by atoms with E-state index >= 15 is 0 Å². The Morgan fingerprint density at radius 3 is 3.06 bits per heavy atom. The van der Waals surface area contributed by atoms with Gasteiger partial charge in [-0.1, -0.05) is 0 Å². The fourth-order valence-corrected chi connectivity index (χ4v) is 2.22. The van der Waals surface area contributed by atoms with Gasteiger partial charge in [0.1, 0.15) is 0 Å². The van der Waals surface area contributed by atoms with Crippen molar-refractivity contribution in [2.75, 3.05) is 20.4 Å². The highest BCUT2D eigenvalue weighted by Crippen LogP contribution is 2.48. The number of β-amino-alcohol motifs (C(OH)–C–C–N with tert-alkyl or cyclic N) is 1. The maximum absolute atomic E-state index is 9.95. The predicted octanol–water partition coefficient (Wildman–Crippen LogP) is 0.560. The minimum atomic E-state index is -0.551. The van der Waals surface area contributed by atoms with Gasteiger partial charge in [0.25, 0.3) is 0 Å². The molecule has 2 N–H and O–H groups in total. The van der Waals surface area contributed by atoms with E-state index in [0.29, 0.717) is 30.3 Å². The summed E-state index contributed by atoms with van der Waals surface area (Å²) in [6.45, 7) is 1.43. The highest BCUT2D eigenvalue weighted by molar-refractivity contribution is 5.61. The molecule has 2 aliphatic rings. The van der Waals surface area contributed by atoms with Gasteiger partial charge in [-0.05, 0) is 11.6 Å². The lowest BCUT2D eigenvalue weighted by atomic mass is 9.96. The number of hydrogen-bond donors (Lipinski definition) is 2. The zero-order valence-corrected chi connectivity index (χ0v) is 8.95. The van der Waals surface area contributed by atoms with Crippen LogP contribution in [0.1, 0.15) is 17.2 Å². The Bertz CT molecular complexity index is 432. The van der Waals surface area contributed by atoms with Crippen LogP contribution in [-0.2, 0) is 6.54 Å². The molecular formula is C11H13NO4. The quantitative estimate of drug-likeness (QED) is 0.728. The molecule has 0 radical (unpaired) electrons. The van der Waals surface area contributed by atoms with Crippen LogP contribution < -0.4 is 19.5 Å². The summed E-state index contributed by atoms with van der Waals surface area (Å²) in [5.74, 6) is 1.88. The van der Waals surface area contributed by atoms with Crippen LogP contribution in [0.5, 0.6) is 17.2 Å². The topological polar surface area (TPSA) is 60.0 Å². The average molecular weight is 223 g/mol. The van der Waals surface area contributed by atoms with Crippen molar-refractivity contribution in [2.45, 2.75) is 12.6 Å². The van der Waals surface area contributed by atoms with E-state index in [1.54, 1.807) is 7.11 Å². The summed E-state index contributed by atoms with van der Waals surface area (Å²) in [7, 11) is 1.59. The summed E-state index contributed by atoms with van der Waals surface area (Å²) in [4.78, 5) is 0. The molecule has 0 aliphatic carbocycles. The SMILES string of the molecule is COc1cc2c(c3c1OCO3)C(O)CNC2. The highest BCUT2D eigenvalue weighted by Gasteiger charge is 2.31. The molecule has 5 heteroatoms. The molecule has 0 bridgehead atoms. The number of methoxy groups -OCH3 is 1.